The van der Waals surface area contributed by atoms with Gasteiger partial charge in [-0.2, -0.15) is 0 Å². The van der Waals surface area contributed by atoms with Crippen LogP contribution in [0.25, 0.3) is 0 Å². The first-order valence-electron chi connectivity index (χ1n) is 11.7. The molecule has 0 atom stereocenters. The maximum Gasteiger partial charge on any atom is 0.230 e. The van der Waals surface area contributed by atoms with Crippen LogP contribution in [0.4, 0.5) is 11.4 Å². The molecule has 3 aliphatic rings. The number of carbonyl (C=O) groups excluding carboxylic acids is 2. The summed E-state index contributed by atoms with van der Waals surface area (Å²) in [5, 5.41) is 6.27. The Kier molecular flexibility index (Phi) is 6.51. The molecule has 0 saturated heterocycles. The Morgan fingerprint density at radius 1 is 0.750 bits per heavy atom. The lowest BCUT2D eigenvalue weighted by atomic mass is 9.53. The molecule has 3 fully saturated rings. The van der Waals surface area contributed by atoms with E-state index in [9.17, 15) is 9.59 Å². The number of benzene rings is 2. The fourth-order valence-electron chi connectivity index (χ4n) is 5.24. The molecule has 2 amide bonds. The predicted octanol–water partition coefficient (Wildman–Crippen LogP) is 3.41. The Morgan fingerprint density at radius 3 is 1.81 bits per heavy atom. The summed E-state index contributed by atoms with van der Waals surface area (Å²) in [4.78, 5) is 26.2. The molecule has 2 aromatic carbocycles. The van der Waals surface area contributed by atoms with Crippen molar-refractivity contribution in [2.75, 3.05) is 24.1 Å². The third-order valence-electron chi connectivity index (χ3n) is 7.53. The molecule has 32 heavy (non-hydrogen) atoms. The van der Waals surface area contributed by atoms with Gasteiger partial charge in [-0.3, -0.25) is 9.59 Å². The maximum atomic E-state index is 13.1. The summed E-state index contributed by atoms with van der Waals surface area (Å²) in [5.74, 6) is 0.248. The first kappa shape index (κ1) is 22.3. The van der Waals surface area contributed by atoms with Crippen LogP contribution >= 0.6 is 0 Å². The van der Waals surface area contributed by atoms with Crippen LogP contribution < -0.4 is 22.1 Å². The Balaban J connectivity index is 1.29. The van der Waals surface area contributed by atoms with E-state index in [0.717, 1.165) is 68.3 Å². The highest BCUT2D eigenvalue weighted by Crippen LogP contribution is 2.57. The first-order chi connectivity index (χ1) is 15.4. The van der Waals surface area contributed by atoms with E-state index in [0.29, 0.717) is 13.1 Å². The molecule has 2 aromatic rings. The SMILES string of the molecule is NCCc1ccc(NC(=O)C23CCC(C(=O)NCCc4ccc(N)cc4)(CC2)CC3)cc1. The Morgan fingerprint density at radius 2 is 1.25 bits per heavy atom. The zero-order valence-corrected chi connectivity index (χ0v) is 18.7. The normalized spacial score (nSPS) is 24.2. The molecule has 0 aromatic heterocycles. The van der Waals surface area contributed by atoms with Gasteiger partial charge in [0.25, 0.3) is 0 Å². The highest BCUT2D eigenvalue weighted by molar-refractivity contribution is 5.96. The smallest absolute Gasteiger partial charge is 0.230 e. The van der Waals surface area contributed by atoms with E-state index in [-0.39, 0.29) is 22.6 Å². The van der Waals surface area contributed by atoms with Crippen LogP contribution in [-0.2, 0) is 22.4 Å². The Labute approximate surface area is 190 Å². The number of anilines is 2. The van der Waals surface area contributed by atoms with E-state index < -0.39 is 0 Å². The van der Waals surface area contributed by atoms with Gasteiger partial charge in [-0.25, -0.2) is 0 Å². The molecular formula is C26H34N4O2. The van der Waals surface area contributed by atoms with Crippen molar-refractivity contribution in [3.05, 3.63) is 59.7 Å². The molecule has 0 aliphatic heterocycles. The molecule has 170 valence electrons. The third kappa shape index (κ3) is 4.65. The summed E-state index contributed by atoms with van der Waals surface area (Å²) < 4.78 is 0. The molecule has 6 heteroatoms. The van der Waals surface area contributed by atoms with Crippen molar-refractivity contribution in [1.29, 1.82) is 0 Å². The van der Waals surface area contributed by atoms with Gasteiger partial charge < -0.3 is 22.1 Å². The lowest BCUT2D eigenvalue weighted by Gasteiger charge is -2.51. The number of nitrogens with one attached hydrogen (secondary N) is 2. The van der Waals surface area contributed by atoms with Crippen molar-refractivity contribution in [3.8, 4) is 0 Å². The molecule has 6 N–H and O–H groups in total. The van der Waals surface area contributed by atoms with Crippen molar-refractivity contribution in [2.24, 2.45) is 16.6 Å². The second-order valence-electron chi connectivity index (χ2n) is 9.50. The van der Waals surface area contributed by atoms with Crippen LogP contribution in [0.3, 0.4) is 0 Å². The highest BCUT2D eigenvalue weighted by atomic mass is 16.2. The van der Waals surface area contributed by atoms with Crippen LogP contribution in [-0.4, -0.2) is 24.9 Å². The second kappa shape index (κ2) is 9.33. The molecule has 3 aliphatic carbocycles. The minimum absolute atomic E-state index is 0.0983. The summed E-state index contributed by atoms with van der Waals surface area (Å²) in [7, 11) is 0. The number of rotatable bonds is 8. The fourth-order valence-corrected chi connectivity index (χ4v) is 5.24. The molecule has 5 rings (SSSR count). The van der Waals surface area contributed by atoms with Crippen LogP contribution in [0.5, 0.6) is 0 Å². The van der Waals surface area contributed by atoms with Crippen LogP contribution in [0.15, 0.2) is 48.5 Å². The van der Waals surface area contributed by atoms with Gasteiger partial charge >= 0.3 is 0 Å². The lowest BCUT2D eigenvalue weighted by molar-refractivity contribution is -0.147. The van der Waals surface area contributed by atoms with Gasteiger partial charge in [-0.05, 0) is 93.3 Å². The van der Waals surface area contributed by atoms with Crippen molar-refractivity contribution in [2.45, 2.75) is 51.4 Å². The van der Waals surface area contributed by atoms with Crippen LogP contribution in [0.2, 0.25) is 0 Å². The number of carbonyl (C=O) groups is 2. The standard InChI is InChI=1S/C26H34N4O2/c27-17-9-19-3-7-22(8-4-19)30-24(32)26-14-11-25(12-15-26,13-16-26)23(31)29-18-10-20-1-5-21(28)6-2-20/h1-8H,9-18,27-28H2,(H,29,31)(H,30,32). The molecular weight excluding hydrogens is 400 g/mol. The quantitative estimate of drug-likeness (QED) is 0.477. The molecule has 0 heterocycles. The molecule has 0 unspecified atom stereocenters. The van der Waals surface area contributed by atoms with Crippen molar-refractivity contribution < 1.29 is 9.59 Å². The molecule has 3 saturated carbocycles. The number of amides is 2. The summed E-state index contributed by atoms with van der Waals surface area (Å²) in [6, 6.07) is 15.7. The first-order valence-corrected chi connectivity index (χ1v) is 11.7. The predicted molar refractivity (Wildman–Crippen MR) is 128 cm³/mol. The number of hydrogen-bond donors (Lipinski definition) is 4. The largest absolute Gasteiger partial charge is 0.399 e. The third-order valence-corrected chi connectivity index (χ3v) is 7.53. The van der Waals surface area contributed by atoms with Crippen molar-refractivity contribution >= 4 is 23.2 Å². The number of fused-ring (bicyclic) bond motifs is 3. The van der Waals surface area contributed by atoms with Crippen LogP contribution in [0, 0.1) is 10.8 Å². The van der Waals surface area contributed by atoms with Crippen molar-refractivity contribution in [1.82, 2.24) is 5.32 Å². The van der Waals surface area contributed by atoms with Gasteiger partial charge in [-0.15, -0.1) is 0 Å². The fraction of sp³-hybridized carbons (Fsp3) is 0.462. The van der Waals surface area contributed by atoms with Gasteiger partial charge in [0.2, 0.25) is 11.8 Å². The number of hydrogen-bond acceptors (Lipinski definition) is 4. The zero-order valence-electron chi connectivity index (χ0n) is 18.7. The second-order valence-corrected chi connectivity index (χ2v) is 9.50. The Hall–Kier alpha value is -2.86. The van der Waals surface area contributed by atoms with Gasteiger partial charge in [0.15, 0.2) is 0 Å². The highest BCUT2D eigenvalue weighted by Gasteiger charge is 2.55. The van der Waals surface area contributed by atoms with E-state index in [2.05, 4.69) is 10.6 Å². The molecule has 2 bridgehead atoms. The Bertz CT molecular complexity index is 928. The van der Waals surface area contributed by atoms with Gasteiger partial charge in [0, 0.05) is 28.7 Å². The summed E-state index contributed by atoms with van der Waals surface area (Å²) in [6.07, 6.45) is 6.29. The molecule has 0 spiro atoms. The van der Waals surface area contributed by atoms with E-state index in [1.165, 1.54) is 5.56 Å². The van der Waals surface area contributed by atoms with E-state index in [4.69, 9.17) is 11.5 Å². The maximum absolute atomic E-state index is 13.1. The lowest BCUT2D eigenvalue weighted by Crippen LogP contribution is -2.53. The van der Waals surface area contributed by atoms with E-state index in [1.807, 2.05) is 48.5 Å². The topological polar surface area (TPSA) is 110 Å². The molecule has 0 radical (unpaired) electrons. The summed E-state index contributed by atoms with van der Waals surface area (Å²) in [5.41, 5.74) is 14.6. The van der Waals surface area contributed by atoms with Crippen LogP contribution in [0.1, 0.15) is 49.7 Å². The monoisotopic (exact) mass is 434 g/mol. The average molecular weight is 435 g/mol. The molecule has 6 nitrogen and oxygen atoms in total. The zero-order chi connectivity index (χ0) is 22.6. The van der Waals surface area contributed by atoms with Gasteiger partial charge in [0.1, 0.15) is 0 Å². The van der Waals surface area contributed by atoms with Gasteiger partial charge in [-0.1, -0.05) is 24.3 Å². The summed E-state index contributed by atoms with van der Waals surface area (Å²) in [6.45, 7) is 1.24. The number of nitrogen functional groups attached to an aromatic ring is 1. The minimum Gasteiger partial charge on any atom is -0.399 e. The van der Waals surface area contributed by atoms with E-state index >= 15 is 0 Å². The minimum atomic E-state index is -0.345. The number of nitrogens with two attached hydrogens (primary N) is 2. The average Bonchev–Trinajstić information content (AvgIpc) is 2.83. The van der Waals surface area contributed by atoms with Gasteiger partial charge in [0.05, 0.1) is 0 Å². The van der Waals surface area contributed by atoms with Crippen molar-refractivity contribution in [3.63, 3.8) is 0 Å². The van der Waals surface area contributed by atoms with E-state index in [1.54, 1.807) is 0 Å². The summed E-state index contributed by atoms with van der Waals surface area (Å²) >= 11 is 0.